The summed E-state index contributed by atoms with van der Waals surface area (Å²) in [5.74, 6) is 0. The predicted octanol–water partition coefficient (Wildman–Crippen LogP) is 1.69. The Bertz CT molecular complexity index is 425. The average molecular weight is 214 g/mol. The van der Waals surface area contributed by atoms with Gasteiger partial charge in [0.1, 0.15) is 11.8 Å². The zero-order chi connectivity index (χ0) is 12.0. The van der Waals surface area contributed by atoms with E-state index in [4.69, 9.17) is 10.5 Å². The summed E-state index contributed by atoms with van der Waals surface area (Å²) in [6.07, 6.45) is 1.60. The first-order valence-corrected chi connectivity index (χ1v) is 5.14. The molecular formula is C12H14N4. The van der Waals surface area contributed by atoms with E-state index >= 15 is 0 Å². The van der Waals surface area contributed by atoms with Crippen LogP contribution in [-0.4, -0.2) is 22.5 Å². The van der Waals surface area contributed by atoms with Crippen LogP contribution in [0.25, 0.3) is 0 Å². The number of hydrogen-bond acceptors (Lipinski definition) is 4. The molecule has 0 radical (unpaired) electrons. The second kappa shape index (κ2) is 5.85. The van der Waals surface area contributed by atoms with Gasteiger partial charge in [0.05, 0.1) is 12.6 Å². The van der Waals surface area contributed by atoms with E-state index in [0.29, 0.717) is 18.8 Å². The number of nitriles is 2. The maximum atomic E-state index is 8.90. The van der Waals surface area contributed by atoms with Gasteiger partial charge in [0.2, 0.25) is 0 Å². The monoisotopic (exact) mass is 214 g/mol. The molecule has 0 atom stereocenters. The summed E-state index contributed by atoms with van der Waals surface area (Å²) < 4.78 is 0. The molecule has 0 spiro atoms. The highest BCUT2D eigenvalue weighted by Gasteiger charge is 2.12. The van der Waals surface area contributed by atoms with Crippen LogP contribution < -0.4 is 0 Å². The fourth-order valence-electron chi connectivity index (χ4n) is 1.40. The molecule has 1 heterocycles. The Balaban J connectivity index is 2.86. The smallest absolute Gasteiger partial charge is 0.144 e. The van der Waals surface area contributed by atoms with Crippen LogP contribution in [0.1, 0.15) is 25.1 Å². The molecule has 0 aliphatic carbocycles. The van der Waals surface area contributed by atoms with Gasteiger partial charge in [-0.1, -0.05) is 6.07 Å². The van der Waals surface area contributed by atoms with E-state index in [1.165, 1.54) is 0 Å². The highest BCUT2D eigenvalue weighted by atomic mass is 15.1. The summed E-state index contributed by atoms with van der Waals surface area (Å²) in [5, 5.41) is 17.6. The highest BCUT2D eigenvalue weighted by Crippen LogP contribution is 2.10. The van der Waals surface area contributed by atoms with Crippen molar-refractivity contribution in [3.8, 4) is 12.1 Å². The van der Waals surface area contributed by atoms with Gasteiger partial charge in [0.25, 0.3) is 0 Å². The molecule has 0 unspecified atom stereocenters. The first kappa shape index (κ1) is 12.2. The SMILES string of the molecule is CC(C)N(CC#N)Cc1cccnc1C#N. The van der Waals surface area contributed by atoms with Crippen molar-refractivity contribution in [2.75, 3.05) is 6.54 Å². The van der Waals surface area contributed by atoms with Gasteiger partial charge in [-0.15, -0.1) is 0 Å². The lowest BCUT2D eigenvalue weighted by atomic mass is 10.1. The van der Waals surface area contributed by atoms with Crippen molar-refractivity contribution in [2.45, 2.75) is 26.4 Å². The van der Waals surface area contributed by atoms with Crippen LogP contribution in [0.5, 0.6) is 0 Å². The van der Waals surface area contributed by atoms with E-state index in [1.54, 1.807) is 12.3 Å². The number of rotatable bonds is 4. The van der Waals surface area contributed by atoms with E-state index < -0.39 is 0 Å². The molecule has 82 valence electrons. The Morgan fingerprint density at radius 3 is 2.75 bits per heavy atom. The van der Waals surface area contributed by atoms with Gasteiger partial charge in [-0.2, -0.15) is 10.5 Å². The molecule has 0 aliphatic heterocycles. The standard InChI is InChI=1S/C12H14N4/c1-10(2)16(7-5-13)9-11-4-3-6-15-12(11)8-14/h3-4,6,10H,7,9H2,1-2H3. The van der Waals surface area contributed by atoms with E-state index in [-0.39, 0.29) is 6.04 Å². The highest BCUT2D eigenvalue weighted by molar-refractivity contribution is 5.30. The first-order chi connectivity index (χ1) is 7.69. The number of nitrogens with zero attached hydrogens (tertiary/aromatic N) is 4. The van der Waals surface area contributed by atoms with Crippen molar-refractivity contribution < 1.29 is 0 Å². The molecule has 0 fully saturated rings. The summed E-state index contributed by atoms with van der Waals surface area (Å²) in [5.41, 5.74) is 1.31. The molecule has 1 aromatic heterocycles. The number of aromatic nitrogens is 1. The molecule has 16 heavy (non-hydrogen) atoms. The second-order valence-electron chi connectivity index (χ2n) is 3.78. The zero-order valence-corrected chi connectivity index (χ0v) is 9.51. The van der Waals surface area contributed by atoms with Crippen LogP contribution in [0.4, 0.5) is 0 Å². The summed E-state index contributed by atoms with van der Waals surface area (Å²) >= 11 is 0. The minimum Gasteiger partial charge on any atom is -0.284 e. The van der Waals surface area contributed by atoms with Gasteiger partial charge < -0.3 is 0 Å². The maximum Gasteiger partial charge on any atom is 0.144 e. The summed E-state index contributed by atoms with van der Waals surface area (Å²) in [6, 6.07) is 8.14. The molecule has 0 bridgehead atoms. The van der Waals surface area contributed by atoms with Crippen LogP contribution in [0.15, 0.2) is 18.3 Å². The largest absolute Gasteiger partial charge is 0.284 e. The summed E-state index contributed by atoms with van der Waals surface area (Å²) in [6.45, 7) is 5.00. The van der Waals surface area contributed by atoms with E-state index in [1.807, 2.05) is 24.8 Å². The van der Waals surface area contributed by atoms with Gasteiger partial charge in [-0.3, -0.25) is 4.90 Å². The van der Waals surface area contributed by atoms with Crippen molar-refractivity contribution in [2.24, 2.45) is 0 Å². The van der Waals surface area contributed by atoms with Crippen molar-refractivity contribution in [1.29, 1.82) is 10.5 Å². The van der Waals surface area contributed by atoms with Gasteiger partial charge >= 0.3 is 0 Å². The molecule has 0 aliphatic rings. The number of pyridine rings is 1. The van der Waals surface area contributed by atoms with Gasteiger partial charge in [0, 0.05) is 24.3 Å². The van der Waals surface area contributed by atoms with Crippen LogP contribution in [0, 0.1) is 22.7 Å². The van der Waals surface area contributed by atoms with Crippen molar-refractivity contribution >= 4 is 0 Å². The third-order valence-corrected chi connectivity index (χ3v) is 2.37. The molecule has 1 rings (SSSR count). The Hall–Kier alpha value is -1.91. The Labute approximate surface area is 95.8 Å². The minimum atomic E-state index is 0.270. The van der Waals surface area contributed by atoms with Gasteiger partial charge in [-0.05, 0) is 19.9 Å². The minimum absolute atomic E-state index is 0.270. The third-order valence-electron chi connectivity index (χ3n) is 2.37. The molecule has 0 N–H and O–H groups in total. The first-order valence-electron chi connectivity index (χ1n) is 5.14. The zero-order valence-electron chi connectivity index (χ0n) is 9.51. The lowest BCUT2D eigenvalue weighted by molar-refractivity contribution is 0.240. The second-order valence-corrected chi connectivity index (χ2v) is 3.78. The quantitative estimate of drug-likeness (QED) is 0.715. The van der Waals surface area contributed by atoms with Crippen LogP contribution in [0.2, 0.25) is 0 Å². The summed E-state index contributed by atoms with van der Waals surface area (Å²) in [4.78, 5) is 6.00. The lowest BCUT2D eigenvalue weighted by Gasteiger charge is -2.23. The predicted molar refractivity (Wildman–Crippen MR) is 60.1 cm³/mol. The van der Waals surface area contributed by atoms with E-state index in [9.17, 15) is 0 Å². The van der Waals surface area contributed by atoms with Gasteiger partial charge in [-0.25, -0.2) is 4.98 Å². The molecule has 4 heteroatoms. The normalized spacial score (nSPS) is 10.1. The Kier molecular flexibility index (Phi) is 4.44. The maximum absolute atomic E-state index is 8.90. The molecule has 0 saturated carbocycles. The molecule has 4 nitrogen and oxygen atoms in total. The average Bonchev–Trinajstić information content (AvgIpc) is 2.29. The molecule has 0 saturated heterocycles. The van der Waals surface area contributed by atoms with E-state index in [0.717, 1.165) is 5.56 Å². The van der Waals surface area contributed by atoms with Gasteiger partial charge in [0.15, 0.2) is 0 Å². The molecular weight excluding hydrogens is 200 g/mol. The van der Waals surface area contributed by atoms with Crippen molar-refractivity contribution in [3.05, 3.63) is 29.6 Å². The Morgan fingerprint density at radius 1 is 1.44 bits per heavy atom. The van der Waals surface area contributed by atoms with Crippen molar-refractivity contribution in [1.82, 2.24) is 9.88 Å². The van der Waals surface area contributed by atoms with Crippen LogP contribution >= 0.6 is 0 Å². The fraction of sp³-hybridized carbons (Fsp3) is 0.417. The Morgan fingerprint density at radius 2 is 2.19 bits per heavy atom. The molecule has 1 aromatic rings. The number of hydrogen-bond donors (Lipinski definition) is 0. The fourth-order valence-corrected chi connectivity index (χ4v) is 1.40. The van der Waals surface area contributed by atoms with E-state index in [2.05, 4.69) is 17.1 Å². The van der Waals surface area contributed by atoms with Crippen LogP contribution in [0.3, 0.4) is 0 Å². The molecule has 0 amide bonds. The lowest BCUT2D eigenvalue weighted by Crippen LogP contribution is -2.31. The topological polar surface area (TPSA) is 63.7 Å². The van der Waals surface area contributed by atoms with Crippen molar-refractivity contribution in [3.63, 3.8) is 0 Å². The summed E-state index contributed by atoms with van der Waals surface area (Å²) in [7, 11) is 0. The van der Waals surface area contributed by atoms with Crippen LogP contribution in [-0.2, 0) is 6.54 Å². The third kappa shape index (κ3) is 3.05. The molecule has 0 aromatic carbocycles.